The number of rotatable bonds is 0. The van der Waals surface area contributed by atoms with Crippen LogP contribution in [0.4, 0.5) is 0 Å². The molecule has 6 heavy (non-hydrogen) atoms. The van der Waals surface area contributed by atoms with Crippen LogP contribution in [0.25, 0.3) is 0 Å². The van der Waals surface area contributed by atoms with Gasteiger partial charge >= 0.3 is 0 Å². The predicted octanol–water partition coefficient (Wildman–Crippen LogP) is -0.350. The summed E-state index contributed by atoms with van der Waals surface area (Å²) in [6, 6.07) is 0. The Morgan fingerprint density at radius 3 is 2.67 bits per heavy atom. The van der Waals surface area contributed by atoms with Gasteiger partial charge in [0.1, 0.15) is 0 Å². The van der Waals surface area contributed by atoms with Crippen LogP contribution in [0, 0.1) is 0 Å². The lowest BCUT2D eigenvalue weighted by Crippen LogP contribution is -2.10. The minimum Gasteiger partial charge on any atom is -0.375 e. The summed E-state index contributed by atoms with van der Waals surface area (Å²) in [6.07, 6.45) is 0. The molecule has 1 fully saturated rings. The molecule has 0 bridgehead atoms. The molecule has 1 saturated heterocycles. The SMILES string of the molecule is C=C1CNCN1. The molecule has 34 valence electrons. The van der Waals surface area contributed by atoms with Gasteiger partial charge in [-0.25, -0.2) is 0 Å². The number of nitrogens with one attached hydrogen (secondary N) is 2. The molecule has 0 aromatic carbocycles. The Hall–Kier alpha value is -0.500. The van der Waals surface area contributed by atoms with Crippen molar-refractivity contribution < 1.29 is 0 Å². The summed E-state index contributed by atoms with van der Waals surface area (Å²) >= 11 is 0. The van der Waals surface area contributed by atoms with Crippen molar-refractivity contribution in [2.24, 2.45) is 0 Å². The van der Waals surface area contributed by atoms with Crippen molar-refractivity contribution in [3.63, 3.8) is 0 Å². The lowest BCUT2D eigenvalue weighted by molar-refractivity contribution is 0.815. The summed E-state index contributed by atoms with van der Waals surface area (Å²) in [4.78, 5) is 0. The molecule has 0 atom stereocenters. The number of hydrogen-bond acceptors (Lipinski definition) is 2. The lowest BCUT2D eigenvalue weighted by Gasteiger charge is -1.85. The molecule has 2 nitrogen and oxygen atoms in total. The van der Waals surface area contributed by atoms with Gasteiger partial charge in [-0.3, -0.25) is 5.32 Å². The smallest absolute Gasteiger partial charge is 0.0653 e. The summed E-state index contributed by atoms with van der Waals surface area (Å²) in [5.74, 6) is 0. The maximum absolute atomic E-state index is 3.68. The molecule has 1 heterocycles. The molecule has 0 unspecified atom stereocenters. The van der Waals surface area contributed by atoms with Crippen LogP contribution < -0.4 is 10.6 Å². The van der Waals surface area contributed by atoms with Gasteiger partial charge in [-0.2, -0.15) is 0 Å². The van der Waals surface area contributed by atoms with Gasteiger partial charge in [-0.15, -0.1) is 0 Å². The molecule has 0 aromatic rings. The molecule has 0 spiro atoms. The highest BCUT2D eigenvalue weighted by molar-refractivity contribution is 4.97. The zero-order valence-corrected chi connectivity index (χ0v) is 3.62. The van der Waals surface area contributed by atoms with Crippen LogP contribution in [-0.4, -0.2) is 13.2 Å². The zero-order valence-electron chi connectivity index (χ0n) is 3.62. The maximum Gasteiger partial charge on any atom is 0.0653 e. The van der Waals surface area contributed by atoms with E-state index in [1.165, 1.54) is 0 Å². The molecule has 0 aromatic heterocycles. The third-order valence-corrected chi connectivity index (χ3v) is 0.802. The third-order valence-electron chi connectivity index (χ3n) is 0.802. The molecule has 0 amide bonds. The monoisotopic (exact) mass is 84.1 g/mol. The van der Waals surface area contributed by atoms with E-state index in [0.717, 1.165) is 18.9 Å². The van der Waals surface area contributed by atoms with Crippen LogP contribution in [0.15, 0.2) is 12.3 Å². The minimum absolute atomic E-state index is 0.888. The topological polar surface area (TPSA) is 24.1 Å². The van der Waals surface area contributed by atoms with E-state index in [1.807, 2.05) is 0 Å². The Labute approximate surface area is 37.2 Å². The molecule has 0 aliphatic carbocycles. The maximum atomic E-state index is 3.68. The molecule has 2 heteroatoms. The zero-order chi connectivity index (χ0) is 4.41. The Morgan fingerprint density at radius 2 is 2.50 bits per heavy atom. The van der Waals surface area contributed by atoms with E-state index in [9.17, 15) is 0 Å². The van der Waals surface area contributed by atoms with Crippen LogP contribution in [-0.2, 0) is 0 Å². The molecule has 0 radical (unpaired) electrons. The van der Waals surface area contributed by atoms with Crippen molar-refractivity contribution in [3.8, 4) is 0 Å². The summed E-state index contributed by atoms with van der Waals surface area (Å²) < 4.78 is 0. The predicted molar refractivity (Wildman–Crippen MR) is 25.1 cm³/mol. The van der Waals surface area contributed by atoms with Crippen molar-refractivity contribution in [2.75, 3.05) is 13.2 Å². The van der Waals surface area contributed by atoms with E-state index < -0.39 is 0 Å². The molecule has 1 aliphatic heterocycles. The van der Waals surface area contributed by atoms with Gasteiger partial charge in [0.2, 0.25) is 0 Å². The van der Waals surface area contributed by atoms with Crippen LogP contribution in [0.2, 0.25) is 0 Å². The van der Waals surface area contributed by atoms with Crippen molar-refractivity contribution >= 4 is 0 Å². The highest BCUT2D eigenvalue weighted by atomic mass is 15.1. The van der Waals surface area contributed by atoms with E-state index in [4.69, 9.17) is 0 Å². The molecule has 1 aliphatic rings. The van der Waals surface area contributed by atoms with E-state index in [0.29, 0.717) is 0 Å². The standard InChI is InChI=1S/C4H8N2/c1-4-2-5-3-6-4/h5-6H,1-3H2. The summed E-state index contributed by atoms with van der Waals surface area (Å²) in [7, 11) is 0. The average molecular weight is 84.1 g/mol. The van der Waals surface area contributed by atoms with Crippen molar-refractivity contribution in [2.45, 2.75) is 0 Å². The largest absolute Gasteiger partial charge is 0.375 e. The second-order valence-corrected chi connectivity index (χ2v) is 1.38. The van der Waals surface area contributed by atoms with Crippen molar-refractivity contribution in [1.29, 1.82) is 0 Å². The molecular formula is C4H8N2. The van der Waals surface area contributed by atoms with Gasteiger partial charge in [0.15, 0.2) is 0 Å². The van der Waals surface area contributed by atoms with E-state index >= 15 is 0 Å². The quantitative estimate of drug-likeness (QED) is 0.419. The average Bonchev–Trinajstić information content (AvgIpc) is 1.86. The molecular weight excluding hydrogens is 76.1 g/mol. The Bertz CT molecular complexity index is 59.9. The highest BCUT2D eigenvalue weighted by Crippen LogP contribution is 1.82. The second kappa shape index (κ2) is 1.30. The Morgan fingerprint density at radius 1 is 1.67 bits per heavy atom. The van der Waals surface area contributed by atoms with Gasteiger partial charge < -0.3 is 5.32 Å². The Kier molecular flexibility index (Phi) is 0.801. The number of hydrogen-bond donors (Lipinski definition) is 2. The first kappa shape index (κ1) is 3.68. The summed E-state index contributed by atoms with van der Waals surface area (Å²) in [5, 5.41) is 6.08. The van der Waals surface area contributed by atoms with Crippen molar-refractivity contribution in [3.05, 3.63) is 12.3 Å². The van der Waals surface area contributed by atoms with Gasteiger partial charge in [0.05, 0.1) is 6.67 Å². The van der Waals surface area contributed by atoms with Crippen LogP contribution >= 0.6 is 0 Å². The van der Waals surface area contributed by atoms with Gasteiger partial charge in [-0.05, 0) is 0 Å². The van der Waals surface area contributed by atoms with Crippen LogP contribution in [0.3, 0.4) is 0 Å². The van der Waals surface area contributed by atoms with Gasteiger partial charge in [0.25, 0.3) is 0 Å². The summed E-state index contributed by atoms with van der Waals surface area (Å²) in [6.45, 7) is 5.50. The normalized spacial score (nSPS) is 21.0. The van der Waals surface area contributed by atoms with Crippen LogP contribution in [0.5, 0.6) is 0 Å². The molecule has 0 saturated carbocycles. The fourth-order valence-electron chi connectivity index (χ4n) is 0.463. The van der Waals surface area contributed by atoms with Crippen LogP contribution in [0.1, 0.15) is 0 Å². The first-order valence-corrected chi connectivity index (χ1v) is 2.02. The van der Waals surface area contributed by atoms with Gasteiger partial charge in [-0.1, -0.05) is 6.58 Å². The lowest BCUT2D eigenvalue weighted by atomic mass is 10.5. The minimum atomic E-state index is 0.888. The third kappa shape index (κ3) is 0.518. The fourth-order valence-corrected chi connectivity index (χ4v) is 0.463. The highest BCUT2D eigenvalue weighted by Gasteiger charge is 1.96. The second-order valence-electron chi connectivity index (χ2n) is 1.38. The summed E-state index contributed by atoms with van der Waals surface area (Å²) in [5.41, 5.74) is 1.09. The fraction of sp³-hybridized carbons (Fsp3) is 0.500. The Balaban J connectivity index is 2.37. The molecule has 1 rings (SSSR count). The first-order valence-electron chi connectivity index (χ1n) is 2.02. The van der Waals surface area contributed by atoms with E-state index in [-0.39, 0.29) is 0 Å². The molecule has 2 N–H and O–H groups in total. The first-order chi connectivity index (χ1) is 2.89. The van der Waals surface area contributed by atoms with Gasteiger partial charge in [0, 0.05) is 12.2 Å². The van der Waals surface area contributed by atoms with E-state index in [2.05, 4.69) is 17.2 Å². The van der Waals surface area contributed by atoms with Crippen molar-refractivity contribution in [1.82, 2.24) is 10.6 Å². The van der Waals surface area contributed by atoms with E-state index in [1.54, 1.807) is 0 Å².